The topological polar surface area (TPSA) is 49.3 Å². The van der Waals surface area contributed by atoms with Gasteiger partial charge in [-0.3, -0.25) is 0 Å². The Morgan fingerprint density at radius 3 is 2.80 bits per heavy atom. The highest BCUT2D eigenvalue weighted by atomic mass is 35.5. The molecule has 0 aliphatic heterocycles. The summed E-state index contributed by atoms with van der Waals surface area (Å²) in [5.41, 5.74) is 1.18. The lowest BCUT2D eigenvalue weighted by Gasteiger charge is -2.05. The van der Waals surface area contributed by atoms with E-state index in [9.17, 15) is 4.79 Å². The fourth-order valence-corrected chi connectivity index (χ4v) is 1.68. The molecule has 3 nitrogen and oxygen atoms in total. The SMILES string of the molecule is O=C(O)c1ccc(CNC2CC2)cc1Cl. The number of hydrogen-bond acceptors (Lipinski definition) is 2. The van der Waals surface area contributed by atoms with Gasteiger partial charge in [0.1, 0.15) is 0 Å². The Hall–Kier alpha value is -1.06. The molecule has 80 valence electrons. The highest BCUT2D eigenvalue weighted by molar-refractivity contribution is 6.33. The summed E-state index contributed by atoms with van der Waals surface area (Å²) in [6, 6.07) is 5.70. The van der Waals surface area contributed by atoms with Crippen molar-refractivity contribution in [2.75, 3.05) is 0 Å². The molecule has 2 N–H and O–H groups in total. The summed E-state index contributed by atoms with van der Waals surface area (Å²) in [4.78, 5) is 10.7. The molecule has 1 aromatic rings. The number of benzene rings is 1. The van der Waals surface area contributed by atoms with Crippen LogP contribution >= 0.6 is 11.6 Å². The van der Waals surface area contributed by atoms with Crippen molar-refractivity contribution in [1.82, 2.24) is 5.32 Å². The molecular formula is C11H12ClNO2. The zero-order valence-electron chi connectivity index (χ0n) is 8.16. The highest BCUT2D eigenvalue weighted by Crippen LogP contribution is 2.21. The molecule has 1 fully saturated rings. The monoisotopic (exact) mass is 225 g/mol. The summed E-state index contributed by atoms with van der Waals surface area (Å²) in [6.45, 7) is 0.754. The van der Waals surface area contributed by atoms with Gasteiger partial charge < -0.3 is 10.4 Å². The smallest absolute Gasteiger partial charge is 0.337 e. The number of carbonyl (C=O) groups is 1. The van der Waals surface area contributed by atoms with E-state index in [0.717, 1.165) is 12.1 Å². The van der Waals surface area contributed by atoms with Crippen LogP contribution in [-0.2, 0) is 6.54 Å². The minimum Gasteiger partial charge on any atom is -0.478 e. The molecule has 0 unspecified atom stereocenters. The molecule has 0 bridgehead atoms. The molecule has 0 atom stereocenters. The second kappa shape index (κ2) is 4.21. The molecule has 0 aromatic heterocycles. The number of carboxylic acids is 1. The lowest BCUT2D eigenvalue weighted by molar-refractivity contribution is 0.0697. The van der Waals surface area contributed by atoms with E-state index in [1.807, 2.05) is 0 Å². The van der Waals surface area contributed by atoms with Crippen LogP contribution in [0.15, 0.2) is 18.2 Å². The molecule has 4 heteroatoms. The number of nitrogens with one attached hydrogen (secondary N) is 1. The van der Waals surface area contributed by atoms with E-state index in [1.54, 1.807) is 18.2 Å². The van der Waals surface area contributed by atoms with Crippen LogP contribution in [0.4, 0.5) is 0 Å². The minimum atomic E-state index is -0.985. The molecule has 0 amide bonds. The zero-order valence-corrected chi connectivity index (χ0v) is 8.92. The molecule has 0 saturated heterocycles. The highest BCUT2D eigenvalue weighted by Gasteiger charge is 2.20. The van der Waals surface area contributed by atoms with Crippen LogP contribution in [0.25, 0.3) is 0 Å². The third-order valence-corrected chi connectivity index (χ3v) is 2.75. The Morgan fingerprint density at radius 2 is 2.27 bits per heavy atom. The summed E-state index contributed by atoms with van der Waals surface area (Å²) < 4.78 is 0. The van der Waals surface area contributed by atoms with Gasteiger partial charge in [0, 0.05) is 12.6 Å². The van der Waals surface area contributed by atoms with Gasteiger partial charge in [-0.1, -0.05) is 17.7 Å². The predicted molar refractivity (Wildman–Crippen MR) is 58.3 cm³/mol. The molecule has 2 rings (SSSR count). The van der Waals surface area contributed by atoms with Gasteiger partial charge in [-0.2, -0.15) is 0 Å². The van der Waals surface area contributed by atoms with E-state index in [0.29, 0.717) is 11.1 Å². The average molecular weight is 226 g/mol. The van der Waals surface area contributed by atoms with Crippen LogP contribution in [0.5, 0.6) is 0 Å². The maximum atomic E-state index is 10.7. The zero-order chi connectivity index (χ0) is 10.8. The van der Waals surface area contributed by atoms with E-state index in [2.05, 4.69) is 5.32 Å². The summed E-state index contributed by atoms with van der Waals surface area (Å²) >= 11 is 5.85. The second-order valence-corrected chi connectivity index (χ2v) is 4.18. The fraction of sp³-hybridized carbons (Fsp3) is 0.364. The number of aromatic carboxylic acids is 1. The third kappa shape index (κ3) is 2.70. The Bertz CT molecular complexity index is 388. The van der Waals surface area contributed by atoms with Gasteiger partial charge in [0.05, 0.1) is 10.6 Å². The first kappa shape index (κ1) is 10.5. The van der Waals surface area contributed by atoms with E-state index in [4.69, 9.17) is 16.7 Å². The van der Waals surface area contributed by atoms with Gasteiger partial charge in [0.2, 0.25) is 0 Å². The van der Waals surface area contributed by atoms with E-state index in [1.165, 1.54) is 12.8 Å². The molecule has 0 radical (unpaired) electrons. The second-order valence-electron chi connectivity index (χ2n) is 3.77. The lowest BCUT2D eigenvalue weighted by atomic mass is 10.1. The summed E-state index contributed by atoms with van der Waals surface area (Å²) in [5.74, 6) is -0.985. The maximum Gasteiger partial charge on any atom is 0.337 e. The number of carboxylic acid groups (broad SMARTS) is 1. The fourth-order valence-electron chi connectivity index (χ4n) is 1.39. The van der Waals surface area contributed by atoms with Gasteiger partial charge in [-0.15, -0.1) is 0 Å². The number of hydrogen-bond donors (Lipinski definition) is 2. The first-order valence-electron chi connectivity index (χ1n) is 4.92. The molecule has 1 saturated carbocycles. The molecule has 15 heavy (non-hydrogen) atoms. The average Bonchev–Trinajstić information content (AvgIpc) is 2.97. The summed E-state index contributed by atoms with van der Waals surface area (Å²) in [7, 11) is 0. The molecule has 1 aromatic carbocycles. The van der Waals surface area contributed by atoms with Crippen molar-refractivity contribution >= 4 is 17.6 Å². The Kier molecular flexibility index (Phi) is 2.93. The van der Waals surface area contributed by atoms with Gasteiger partial charge in [0.25, 0.3) is 0 Å². The predicted octanol–water partition coefficient (Wildman–Crippen LogP) is 2.29. The van der Waals surface area contributed by atoms with E-state index < -0.39 is 5.97 Å². The normalized spacial score (nSPS) is 15.3. The third-order valence-electron chi connectivity index (χ3n) is 2.44. The lowest BCUT2D eigenvalue weighted by Crippen LogP contribution is -2.15. The van der Waals surface area contributed by atoms with Crippen molar-refractivity contribution in [3.8, 4) is 0 Å². The Labute approximate surface area is 93.1 Å². The van der Waals surface area contributed by atoms with Gasteiger partial charge in [-0.05, 0) is 30.5 Å². The van der Waals surface area contributed by atoms with E-state index >= 15 is 0 Å². The van der Waals surface area contributed by atoms with Crippen molar-refractivity contribution in [2.45, 2.75) is 25.4 Å². The standard InChI is InChI=1S/C11H12ClNO2/c12-10-5-7(6-13-8-2-3-8)1-4-9(10)11(14)15/h1,4-5,8,13H,2-3,6H2,(H,14,15). The number of rotatable bonds is 4. The van der Waals surface area contributed by atoms with Crippen LogP contribution in [0.3, 0.4) is 0 Å². The minimum absolute atomic E-state index is 0.159. The summed E-state index contributed by atoms with van der Waals surface area (Å²) in [5, 5.41) is 12.4. The van der Waals surface area contributed by atoms with Gasteiger partial charge in [0.15, 0.2) is 0 Å². The number of halogens is 1. The molecule has 0 heterocycles. The Balaban J connectivity index is 2.06. The van der Waals surface area contributed by atoms with Crippen molar-refractivity contribution in [1.29, 1.82) is 0 Å². The quantitative estimate of drug-likeness (QED) is 0.827. The van der Waals surface area contributed by atoms with Gasteiger partial charge >= 0.3 is 5.97 Å². The molecular weight excluding hydrogens is 214 g/mol. The van der Waals surface area contributed by atoms with Crippen molar-refractivity contribution in [3.05, 3.63) is 34.3 Å². The van der Waals surface area contributed by atoms with Crippen LogP contribution in [0, 0.1) is 0 Å². The Morgan fingerprint density at radius 1 is 1.53 bits per heavy atom. The first-order chi connectivity index (χ1) is 7.16. The largest absolute Gasteiger partial charge is 0.478 e. The van der Waals surface area contributed by atoms with Crippen molar-refractivity contribution < 1.29 is 9.90 Å². The first-order valence-corrected chi connectivity index (χ1v) is 5.29. The van der Waals surface area contributed by atoms with Crippen LogP contribution in [-0.4, -0.2) is 17.1 Å². The van der Waals surface area contributed by atoms with Crippen molar-refractivity contribution in [2.24, 2.45) is 0 Å². The van der Waals surface area contributed by atoms with Crippen LogP contribution in [0.2, 0.25) is 5.02 Å². The van der Waals surface area contributed by atoms with Crippen molar-refractivity contribution in [3.63, 3.8) is 0 Å². The molecule has 1 aliphatic carbocycles. The summed E-state index contributed by atoms with van der Waals surface area (Å²) in [6.07, 6.45) is 2.47. The van der Waals surface area contributed by atoms with Gasteiger partial charge in [-0.25, -0.2) is 4.79 Å². The van der Waals surface area contributed by atoms with Crippen LogP contribution < -0.4 is 5.32 Å². The maximum absolute atomic E-state index is 10.7. The molecule has 0 spiro atoms. The molecule has 1 aliphatic rings. The van der Waals surface area contributed by atoms with E-state index in [-0.39, 0.29) is 5.56 Å². The van der Waals surface area contributed by atoms with Crippen LogP contribution in [0.1, 0.15) is 28.8 Å².